The van der Waals surface area contributed by atoms with Gasteiger partial charge in [0.15, 0.2) is 11.4 Å². The lowest BCUT2D eigenvalue weighted by Crippen LogP contribution is -2.71. The summed E-state index contributed by atoms with van der Waals surface area (Å²) in [4.78, 5) is 56.7. The van der Waals surface area contributed by atoms with Crippen LogP contribution in [0.4, 0.5) is 0 Å². The first-order valence-corrected chi connectivity index (χ1v) is 15.9. The molecule has 9 atom stereocenters. The maximum absolute atomic E-state index is 14.5. The Hall–Kier alpha value is -3.70. The largest absolute Gasteiger partial charge is 0.508 e. The number of aliphatic hydroxyl groups is 3. The van der Waals surface area contributed by atoms with E-state index in [9.17, 15) is 39.6 Å². The Morgan fingerprint density at radius 3 is 2.49 bits per heavy atom. The number of likely N-dealkylation sites (N-methyl/N-ethyl adjacent to an activating group) is 1. The number of fused-ring (bicyclic) bond motifs is 5. The zero-order valence-corrected chi connectivity index (χ0v) is 26.1. The number of ether oxygens (including phenoxy) is 1. The fourth-order valence-electron chi connectivity index (χ4n) is 9.50. The highest BCUT2D eigenvalue weighted by Gasteiger charge is 2.70. The molecule has 1 amide bonds. The Morgan fingerprint density at radius 1 is 1.13 bits per heavy atom. The highest BCUT2D eigenvalue weighted by Crippen LogP contribution is 2.58. The fraction of sp³-hybridized carbons (Fsp3) is 0.588. The number of Topliss-reactive ketones (excluding diaryl/α,β-unsaturated/α-hetero) is 2. The number of aliphatic hydroxyl groups excluding tert-OH is 2. The summed E-state index contributed by atoms with van der Waals surface area (Å²) in [7, 11) is 3.04. The van der Waals surface area contributed by atoms with Crippen molar-refractivity contribution >= 4 is 29.2 Å². The number of phenols is 1. The molecule has 0 aliphatic heterocycles. The standard InChI is InChI=1S/C34H42N2O9/c1-5-16-12-17-8-7-11-33(13-16,14-17)32(43)45-28-20-15(2)18-9-6-10-19(37)21(18)26(38)22(20)29(40)34(44)24(28)25(36(3)4)27(39)23(30(34)41)31(35)42/h6,9-10,15-17,20,24-25,28,37-38,41,44H,5,7-8,11-14H2,1-4H3,(H2,35,42)/t15-,16?,17?,20+,24+,25-,28-,33?,34-/m0/s1. The lowest BCUT2D eigenvalue weighted by molar-refractivity contribution is -0.196. The molecule has 11 heteroatoms. The number of hydrogen-bond acceptors (Lipinski definition) is 10. The van der Waals surface area contributed by atoms with E-state index in [1.54, 1.807) is 19.1 Å². The third kappa shape index (κ3) is 4.30. The van der Waals surface area contributed by atoms with Crippen molar-refractivity contribution in [2.45, 2.75) is 82.5 Å². The van der Waals surface area contributed by atoms with Gasteiger partial charge in [-0.1, -0.05) is 45.2 Å². The van der Waals surface area contributed by atoms with Gasteiger partial charge in [-0.15, -0.1) is 0 Å². The Morgan fingerprint density at radius 2 is 1.84 bits per heavy atom. The van der Waals surface area contributed by atoms with Crippen LogP contribution >= 0.6 is 0 Å². The first-order valence-electron chi connectivity index (χ1n) is 15.9. The van der Waals surface area contributed by atoms with E-state index in [2.05, 4.69) is 6.92 Å². The molecule has 0 saturated heterocycles. The van der Waals surface area contributed by atoms with Crippen LogP contribution in [-0.2, 0) is 23.9 Å². The van der Waals surface area contributed by atoms with E-state index in [1.165, 1.54) is 25.1 Å². The number of hydrogen-bond donors (Lipinski definition) is 5. The molecule has 6 rings (SSSR count). The van der Waals surface area contributed by atoms with Crippen LogP contribution in [0.5, 0.6) is 5.75 Å². The number of esters is 1. The minimum absolute atomic E-state index is 0.0156. The van der Waals surface area contributed by atoms with E-state index in [-0.39, 0.29) is 16.9 Å². The zero-order chi connectivity index (χ0) is 32.7. The number of nitrogens with two attached hydrogens (primary N) is 1. The fourth-order valence-corrected chi connectivity index (χ4v) is 9.50. The number of ketones is 2. The van der Waals surface area contributed by atoms with Crippen molar-refractivity contribution in [3.63, 3.8) is 0 Å². The van der Waals surface area contributed by atoms with Crippen LogP contribution < -0.4 is 5.73 Å². The third-order valence-electron chi connectivity index (χ3n) is 11.5. The molecule has 0 aromatic heterocycles. The van der Waals surface area contributed by atoms with Crippen LogP contribution in [0.15, 0.2) is 35.1 Å². The molecule has 0 heterocycles. The van der Waals surface area contributed by atoms with E-state index in [4.69, 9.17) is 10.5 Å². The lowest BCUT2D eigenvalue weighted by Gasteiger charge is -2.55. The predicted molar refractivity (Wildman–Crippen MR) is 162 cm³/mol. The second kappa shape index (κ2) is 10.7. The van der Waals surface area contributed by atoms with Gasteiger partial charge in [-0.3, -0.25) is 24.1 Å². The monoisotopic (exact) mass is 622 g/mol. The highest BCUT2D eigenvalue weighted by molar-refractivity contribution is 6.24. The Labute approximate surface area is 261 Å². The van der Waals surface area contributed by atoms with Crippen LogP contribution in [0.25, 0.3) is 5.76 Å². The summed E-state index contributed by atoms with van der Waals surface area (Å²) in [6, 6.07) is 3.23. The highest BCUT2D eigenvalue weighted by atomic mass is 16.5. The van der Waals surface area contributed by atoms with Gasteiger partial charge in [-0.05, 0) is 69.2 Å². The number of primary amides is 1. The first kappa shape index (κ1) is 31.3. The Kier molecular flexibility index (Phi) is 7.43. The van der Waals surface area contributed by atoms with Gasteiger partial charge in [0.1, 0.15) is 28.9 Å². The summed E-state index contributed by atoms with van der Waals surface area (Å²) >= 11 is 0. The number of phenolic OH excluding ortho intramolecular Hbond substituents is 1. The number of benzene rings is 1. The van der Waals surface area contributed by atoms with Crippen molar-refractivity contribution in [2.75, 3.05) is 14.1 Å². The summed E-state index contributed by atoms with van der Waals surface area (Å²) < 4.78 is 6.50. The molecule has 2 bridgehead atoms. The Bertz CT molecular complexity index is 1560. The number of nitrogens with zero attached hydrogens (tertiary/aromatic N) is 1. The van der Waals surface area contributed by atoms with Crippen LogP contribution in [-0.4, -0.2) is 80.6 Å². The number of carbonyl (C=O) groups is 4. The molecule has 3 unspecified atom stereocenters. The summed E-state index contributed by atoms with van der Waals surface area (Å²) in [5, 5.41) is 46.1. The first-order chi connectivity index (χ1) is 21.2. The van der Waals surface area contributed by atoms with Gasteiger partial charge >= 0.3 is 5.97 Å². The van der Waals surface area contributed by atoms with E-state index in [0.29, 0.717) is 36.7 Å². The zero-order valence-electron chi connectivity index (χ0n) is 26.1. The lowest BCUT2D eigenvalue weighted by atomic mass is 9.54. The molecule has 6 N–H and O–H groups in total. The van der Waals surface area contributed by atoms with E-state index in [1.807, 2.05) is 0 Å². The maximum Gasteiger partial charge on any atom is 0.312 e. The maximum atomic E-state index is 14.5. The van der Waals surface area contributed by atoms with Gasteiger partial charge in [0.05, 0.1) is 22.9 Å². The van der Waals surface area contributed by atoms with Crippen molar-refractivity contribution in [3.8, 4) is 5.75 Å². The minimum Gasteiger partial charge on any atom is -0.508 e. The molecule has 242 valence electrons. The molecule has 3 saturated carbocycles. The van der Waals surface area contributed by atoms with E-state index < -0.39 is 81.4 Å². The summed E-state index contributed by atoms with van der Waals surface area (Å²) in [5.74, 6) is -8.61. The van der Waals surface area contributed by atoms with Crippen molar-refractivity contribution in [1.82, 2.24) is 4.90 Å². The van der Waals surface area contributed by atoms with Crippen LogP contribution in [0.3, 0.4) is 0 Å². The van der Waals surface area contributed by atoms with Gasteiger partial charge in [0, 0.05) is 11.5 Å². The number of carbonyl (C=O) groups excluding carboxylic acids is 4. The van der Waals surface area contributed by atoms with E-state index >= 15 is 0 Å². The quantitative estimate of drug-likeness (QED) is 0.241. The molecule has 0 spiro atoms. The molecular weight excluding hydrogens is 580 g/mol. The second-order valence-electron chi connectivity index (χ2n) is 14.1. The third-order valence-corrected chi connectivity index (χ3v) is 11.5. The van der Waals surface area contributed by atoms with Crippen molar-refractivity contribution in [1.29, 1.82) is 0 Å². The van der Waals surface area contributed by atoms with Crippen molar-refractivity contribution in [2.24, 2.45) is 34.8 Å². The van der Waals surface area contributed by atoms with Gasteiger partial charge in [0.2, 0.25) is 5.78 Å². The van der Waals surface area contributed by atoms with Crippen LogP contribution in [0.1, 0.15) is 75.8 Å². The topological polar surface area (TPSA) is 188 Å². The number of rotatable bonds is 5. The molecular formula is C34H42N2O9. The normalized spacial score (nSPS) is 37.6. The van der Waals surface area contributed by atoms with Gasteiger partial charge < -0.3 is 30.9 Å². The van der Waals surface area contributed by atoms with Gasteiger partial charge in [-0.25, -0.2) is 0 Å². The van der Waals surface area contributed by atoms with Crippen LogP contribution in [0, 0.1) is 29.1 Å². The van der Waals surface area contributed by atoms with Gasteiger partial charge in [-0.2, -0.15) is 0 Å². The second-order valence-corrected chi connectivity index (χ2v) is 14.1. The molecule has 5 aliphatic carbocycles. The number of aromatic hydroxyl groups is 1. The average molecular weight is 623 g/mol. The summed E-state index contributed by atoms with van der Waals surface area (Å²) in [5.41, 5.74) is 0.942. The molecule has 1 aromatic rings. The molecule has 5 aliphatic rings. The van der Waals surface area contributed by atoms with Crippen molar-refractivity contribution in [3.05, 3.63) is 46.2 Å². The molecule has 45 heavy (non-hydrogen) atoms. The summed E-state index contributed by atoms with van der Waals surface area (Å²) in [6.07, 6.45) is 4.35. The number of amides is 1. The Balaban J connectivity index is 1.59. The SMILES string of the molecule is CCC1CC2CCCC(C(=O)O[C@H]3[C@H]4C(=C(O)c5c(O)cccc5[C@@H]4C)C(=O)[C@]4(O)C(O)=C(C(N)=O)C(=O)[C@@H](N(C)C)[C@H]34)(C1)C2. The predicted octanol–water partition coefficient (Wildman–Crippen LogP) is 3.04. The van der Waals surface area contributed by atoms with Gasteiger partial charge in [0.25, 0.3) is 5.91 Å². The smallest absolute Gasteiger partial charge is 0.312 e. The minimum atomic E-state index is -2.95. The molecule has 11 nitrogen and oxygen atoms in total. The molecule has 1 aromatic carbocycles. The molecule has 3 fully saturated rings. The summed E-state index contributed by atoms with van der Waals surface area (Å²) in [6.45, 7) is 3.87. The average Bonchev–Trinajstić information content (AvgIpc) is 2.98. The van der Waals surface area contributed by atoms with E-state index in [0.717, 1.165) is 25.7 Å². The van der Waals surface area contributed by atoms with Crippen LogP contribution in [0.2, 0.25) is 0 Å². The van der Waals surface area contributed by atoms with Crippen molar-refractivity contribution < 1.29 is 44.3 Å². The molecule has 0 radical (unpaired) electrons.